The van der Waals surface area contributed by atoms with Gasteiger partial charge in [0.25, 0.3) is 0 Å². The number of fused-ring (bicyclic) bond motifs is 1. The first kappa shape index (κ1) is 10.4. The smallest absolute Gasteiger partial charge is 0.354 e. The predicted octanol–water partition coefficient (Wildman–Crippen LogP) is 1.67. The first-order valence-corrected chi connectivity index (χ1v) is 4.63. The molecule has 0 aliphatic rings. The highest BCUT2D eigenvalue weighted by Gasteiger charge is 2.11. The molecule has 2 N–H and O–H groups in total. The third kappa shape index (κ3) is 1.56. The zero-order valence-electron chi connectivity index (χ0n) is 8.90. The standard InChI is InChI=1S/C11H11NO4/c1-15-10-5-7-6(4-9(10)13)3-8(12-7)11(14)16-2/h3-5,12-13H,1-2H3. The van der Waals surface area contributed by atoms with Crippen LogP contribution in [0.5, 0.6) is 11.5 Å². The summed E-state index contributed by atoms with van der Waals surface area (Å²) in [6.07, 6.45) is 0. The quantitative estimate of drug-likeness (QED) is 0.756. The molecular weight excluding hydrogens is 210 g/mol. The fourth-order valence-electron chi connectivity index (χ4n) is 1.53. The number of nitrogens with one attached hydrogen (secondary N) is 1. The van der Waals surface area contributed by atoms with Crippen LogP contribution in [0.25, 0.3) is 10.9 Å². The molecule has 16 heavy (non-hydrogen) atoms. The molecule has 0 saturated heterocycles. The summed E-state index contributed by atoms with van der Waals surface area (Å²) in [5, 5.41) is 10.3. The molecule has 2 aromatic rings. The number of hydrogen-bond donors (Lipinski definition) is 2. The molecule has 1 aromatic carbocycles. The Labute approximate surface area is 91.6 Å². The van der Waals surface area contributed by atoms with Gasteiger partial charge in [-0.25, -0.2) is 4.79 Å². The van der Waals surface area contributed by atoms with Crippen molar-refractivity contribution in [3.8, 4) is 11.5 Å². The molecular formula is C11H11NO4. The number of aromatic hydroxyl groups is 1. The van der Waals surface area contributed by atoms with E-state index in [1.807, 2.05) is 0 Å². The maximum Gasteiger partial charge on any atom is 0.354 e. The zero-order valence-corrected chi connectivity index (χ0v) is 8.90. The van der Waals surface area contributed by atoms with E-state index in [0.717, 1.165) is 5.39 Å². The summed E-state index contributed by atoms with van der Waals surface area (Å²) in [4.78, 5) is 14.2. The Hall–Kier alpha value is -2.17. The summed E-state index contributed by atoms with van der Waals surface area (Å²) in [6, 6.07) is 4.76. The number of aromatic nitrogens is 1. The van der Waals surface area contributed by atoms with Crippen molar-refractivity contribution in [2.45, 2.75) is 0 Å². The van der Waals surface area contributed by atoms with Crippen molar-refractivity contribution in [1.82, 2.24) is 4.98 Å². The molecule has 0 amide bonds. The van der Waals surface area contributed by atoms with Gasteiger partial charge in [-0.05, 0) is 12.1 Å². The van der Waals surface area contributed by atoms with E-state index in [1.165, 1.54) is 20.3 Å². The highest BCUT2D eigenvalue weighted by Crippen LogP contribution is 2.31. The van der Waals surface area contributed by atoms with E-state index in [-0.39, 0.29) is 5.75 Å². The molecule has 0 atom stereocenters. The highest BCUT2D eigenvalue weighted by molar-refractivity contribution is 5.95. The molecule has 0 aliphatic heterocycles. The molecule has 5 heteroatoms. The maximum atomic E-state index is 11.3. The average Bonchev–Trinajstić information content (AvgIpc) is 2.69. The number of hydrogen-bond acceptors (Lipinski definition) is 4. The Morgan fingerprint density at radius 3 is 2.69 bits per heavy atom. The second-order valence-electron chi connectivity index (χ2n) is 3.29. The van der Waals surface area contributed by atoms with Gasteiger partial charge in [-0.15, -0.1) is 0 Å². The van der Waals surface area contributed by atoms with Crippen LogP contribution in [0.2, 0.25) is 0 Å². The fourth-order valence-corrected chi connectivity index (χ4v) is 1.53. The summed E-state index contributed by atoms with van der Waals surface area (Å²) in [5.41, 5.74) is 1.04. The summed E-state index contributed by atoms with van der Waals surface area (Å²) in [5.74, 6) is -0.0640. The van der Waals surface area contributed by atoms with Crippen LogP contribution < -0.4 is 4.74 Å². The van der Waals surface area contributed by atoms with E-state index in [0.29, 0.717) is 17.0 Å². The van der Waals surface area contributed by atoms with Gasteiger partial charge in [-0.3, -0.25) is 0 Å². The Morgan fingerprint density at radius 2 is 2.06 bits per heavy atom. The van der Waals surface area contributed by atoms with E-state index in [2.05, 4.69) is 9.72 Å². The van der Waals surface area contributed by atoms with Crippen LogP contribution in [0.1, 0.15) is 10.5 Å². The minimum absolute atomic E-state index is 0.0328. The molecule has 0 radical (unpaired) electrons. The van der Waals surface area contributed by atoms with Gasteiger partial charge < -0.3 is 19.6 Å². The van der Waals surface area contributed by atoms with Gasteiger partial charge in [0.1, 0.15) is 5.69 Å². The van der Waals surface area contributed by atoms with Gasteiger partial charge in [0.2, 0.25) is 0 Å². The molecule has 84 valence electrons. The molecule has 0 spiro atoms. The average molecular weight is 221 g/mol. The van der Waals surface area contributed by atoms with Crippen LogP contribution in [0, 0.1) is 0 Å². The van der Waals surface area contributed by atoms with Gasteiger partial charge in [0, 0.05) is 11.5 Å². The minimum Gasteiger partial charge on any atom is -0.504 e. The summed E-state index contributed by atoms with van der Waals surface area (Å²) < 4.78 is 9.55. The minimum atomic E-state index is -0.449. The molecule has 0 fully saturated rings. The van der Waals surface area contributed by atoms with E-state index >= 15 is 0 Å². The lowest BCUT2D eigenvalue weighted by molar-refractivity contribution is 0.0595. The normalized spacial score (nSPS) is 10.4. The predicted molar refractivity (Wildman–Crippen MR) is 57.9 cm³/mol. The number of phenols is 1. The van der Waals surface area contributed by atoms with Gasteiger partial charge >= 0.3 is 5.97 Å². The topological polar surface area (TPSA) is 71.6 Å². The Kier molecular flexibility index (Phi) is 2.44. The van der Waals surface area contributed by atoms with Crippen LogP contribution >= 0.6 is 0 Å². The third-order valence-electron chi connectivity index (χ3n) is 2.33. The molecule has 0 aliphatic carbocycles. The first-order valence-electron chi connectivity index (χ1n) is 4.63. The molecule has 0 bridgehead atoms. The Morgan fingerprint density at radius 1 is 1.31 bits per heavy atom. The van der Waals surface area contributed by atoms with Crippen molar-refractivity contribution in [3.63, 3.8) is 0 Å². The number of ether oxygens (including phenoxy) is 2. The Bertz CT molecular complexity index is 544. The Balaban J connectivity index is 2.58. The maximum absolute atomic E-state index is 11.3. The van der Waals surface area contributed by atoms with Crippen molar-refractivity contribution < 1.29 is 19.4 Å². The monoisotopic (exact) mass is 221 g/mol. The lowest BCUT2D eigenvalue weighted by Crippen LogP contribution is -2.00. The number of phenolic OH excluding ortho intramolecular Hbond substituents is 1. The van der Waals surface area contributed by atoms with Crippen molar-refractivity contribution in [2.24, 2.45) is 0 Å². The van der Waals surface area contributed by atoms with Gasteiger partial charge in [0.05, 0.1) is 19.7 Å². The number of rotatable bonds is 2. The lowest BCUT2D eigenvalue weighted by atomic mass is 10.2. The molecule has 2 rings (SSSR count). The number of benzene rings is 1. The van der Waals surface area contributed by atoms with Gasteiger partial charge in [-0.1, -0.05) is 0 Å². The number of carbonyl (C=O) groups excluding carboxylic acids is 1. The number of H-pyrrole nitrogens is 1. The fraction of sp³-hybridized carbons (Fsp3) is 0.182. The van der Waals surface area contributed by atoms with E-state index in [1.54, 1.807) is 12.1 Å². The summed E-state index contributed by atoms with van der Waals surface area (Å²) in [6.45, 7) is 0. The molecule has 0 saturated carbocycles. The molecule has 5 nitrogen and oxygen atoms in total. The van der Waals surface area contributed by atoms with Gasteiger partial charge in [-0.2, -0.15) is 0 Å². The van der Waals surface area contributed by atoms with Crippen LogP contribution in [0.4, 0.5) is 0 Å². The van der Waals surface area contributed by atoms with Crippen LogP contribution in [-0.4, -0.2) is 30.3 Å². The van der Waals surface area contributed by atoms with E-state index in [9.17, 15) is 9.90 Å². The van der Waals surface area contributed by atoms with Crippen molar-refractivity contribution in [1.29, 1.82) is 0 Å². The zero-order chi connectivity index (χ0) is 11.7. The summed E-state index contributed by atoms with van der Waals surface area (Å²) in [7, 11) is 2.77. The summed E-state index contributed by atoms with van der Waals surface area (Å²) >= 11 is 0. The number of methoxy groups -OCH3 is 2. The van der Waals surface area contributed by atoms with Crippen molar-refractivity contribution >= 4 is 16.9 Å². The first-order chi connectivity index (χ1) is 7.65. The van der Waals surface area contributed by atoms with E-state index < -0.39 is 5.97 Å². The molecule has 1 aromatic heterocycles. The molecule has 1 heterocycles. The van der Waals surface area contributed by atoms with E-state index in [4.69, 9.17) is 4.74 Å². The number of carbonyl (C=O) groups is 1. The SMILES string of the molecule is COC(=O)c1cc2cc(O)c(OC)cc2[nH]1. The lowest BCUT2D eigenvalue weighted by Gasteiger charge is -2.02. The second-order valence-corrected chi connectivity index (χ2v) is 3.29. The van der Waals surface area contributed by atoms with Crippen LogP contribution in [0.3, 0.4) is 0 Å². The van der Waals surface area contributed by atoms with Crippen LogP contribution in [0.15, 0.2) is 18.2 Å². The molecule has 0 unspecified atom stereocenters. The second kappa shape index (κ2) is 3.77. The van der Waals surface area contributed by atoms with Crippen molar-refractivity contribution in [2.75, 3.05) is 14.2 Å². The largest absolute Gasteiger partial charge is 0.504 e. The van der Waals surface area contributed by atoms with Gasteiger partial charge in [0.15, 0.2) is 11.5 Å². The van der Waals surface area contributed by atoms with Crippen molar-refractivity contribution in [3.05, 3.63) is 23.9 Å². The third-order valence-corrected chi connectivity index (χ3v) is 2.33. The number of aromatic amines is 1. The highest BCUT2D eigenvalue weighted by atomic mass is 16.5. The number of esters is 1. The van der Waals surface area contributed by atoms with Crippen LogP contribution in [-0.2, 0) is 4.74 Å².